The second kappa shape index (κ2) is 5.90. The number of carbonyl (C=O) groups is 1. The molecule has 1 aromatic heterocycles. The molecule has 0 saturated heterocycles. The van der Waals surface area contributed by atoms with E-state index < -0.39 is 0 Å². The second-order valence-electron chi connectivity index (χ2n) is 6.03. The van der Waals surface area contributed by atoms with E-state index >= 15 is 0 Å². The highest BCUT2D eigenvalue weighted by molar-refractivity contribution is 5.78. The topological polar surface area (TPSA) is 68.3 Å². The zero-order chi connectivity index (χ0) is 14.8. The van der Waals surface area contributed by atoms with E-state index in [1.54, 1.807) is 0 Å². The van der Waals surface area contributed by atoms with Crippen molar-refractivity contribution in [1.29, 1.82) is 0 Å². The lowest BCUT2D eigenvalue weighted by Gasteiger charge is -2.29. The van der Waals surface area contributed by atoms with E-state index in [9.17, 15) is 4.79 Å². The summed E-state index contributed by atoms with van der Waals surface area (Å²) in [7, 11) is 0. The summed E-state index contributed by atoms with van der Waals surface area (Å²) < 4.78 is 5.89. The molecule has 1 aliphatic rings. The summed E-state index contributed by atoms with van der Waals surface area (Å²) in [5, 5.41) is 4.75. The van der Waals surface area contributed by atoms with Gasteiger partial charge in [-0.1, -0.05) is 18.2 Å². The zero-order valence-corrected chi connectivity index (χ0v) is 12.3. The van der Waals surface area contributed by atoms with Crippen molar-refractivity contribution in [3.8, 4) is 0 Å². The molecule has 21 heavy (non-hydrogen) atoms. The summed E-state index contributed by atoms with van der Waals surface area (Å²) in [5.74, 6) is 0.872. The zero-order valence-electron chi connectivity index (χ0n) is 12.3. The first kappa shape index (κ1) is 14.1. The van der Waals surface area contributed by atoms with E-state index in [2.05, 4.69) is 24.4 Å². The van der Waals surface area contributed by atoms with Crippen LogP contribution in [0.2, 0.25) is 0 Å². The van der Waals surface area contributed by atoms with Crippen molar-refractivity contribution in [2.75, 3.05) is 0 Å². The van der Waals surface area contributed by atoms with Crippen LogP contribution in [-0.2, 0) is 4.79 Å². The van der Waals surface area contributed by atoms with Gasteiger partial charge in [0.15, 0.2) is 0 Å². The van der Waals surface area contributed by atoms with Gasteiger partial charge < -0.3 is 15.5 Å². The number of para-hydroxylation sites is 1. The van der Waals surface area contributed by atoms with Crippen LogP contribution in [0.1, 0.15) is 44.4 Å². The largest absolute Gasteiger partial charge is 0.459 e. The molecule has 1 amide bonds. The molecule has 0 spiro atoms. The summed E-state index contributed by atoms with van der Waals surface area (Å²) in [6, 6.07) is 10.8. The molecule has 1 fully saturated rings. The van der Waals surface area contributed by atoms with Crippen LogP contribution in [0.15, 0.2) is 34.7 Å². The van der Waals surface area contributed by atoms with E-state index in [4.69, 9.17) is 10.2 Å². The summed E-state index contributed by atoms with van der Waals surface area (Å²) in [5.41, 5.74) is 6.30. The highest BCUT2D eigenvalue weighted by Gasteiger charge is 2.26. The van der Waals surface area contributed by atoms with Crippen molar-refractivity contribution in [3.05, 3.63) is 36.1 Å². The van der Waals surface area contributed by atoms with Crippen molar-refractivity contribution < 1.29 is 9.21 Å². The van der Waals surface area contributed by atoms with Crippen molar-refractivity contribution in [2.24, 2.45) is 11.7 Å². The highest BCUT2D eigenvalue weighted by Crippen LogP contribution is 2.28. The summed E-state index contributed by atoms with van der Waals surface area (Å²) in [4.78, 5) is 11.2. The van der Waals surface area contributed by atoms with Gasteiger partial charge in [-0.25, -0.2) is 0 Å². The number of hydrogen-bond acceptors (Lipinski definition) is 3. The Bertz CT molecular complexity index is 594. The minimum Gasteiger partial charge on any atom is -0.459 e. The predicted molar refractivity (Wildman–Crippen MR) is 82.7 cm³/mol. The molecule has 1 aromatic carbocycles. The number of furan rings is 1. The van der Waals surface area contributed by atoms with Crippen molar-refractivity contribution in [3.63, 3.8) is 0 Å². The first-order valence-electron chi connectivity index (χ1n) is 7.67. The maximum atomic E-state index is 11.2. The molecule has 1 atom stereocenters. The summed E-state index contributed by atoms with van der Waals surface area (Å²) >= 11 is 0. The van der Waals surface area contributed by atoms with Crippen LogP contribution in [0, 0.1) is 5.92 Å². The van der Waals surface area contributed by atoms with Crippen molar-refractivity contribution in [1.82, 2.24) is 5.32 Å². The molecule has 1 saturated carbocycles. The lowest BCUT2D eigenvalue weighted by molar-refractivity contribution is -0.122. The third kappa shape index (κ3) is 3.10. The van der Waals surface area contributed by atoms with Crippen LogP contribution in [0.4, 0.5) is 0 Å². The van der Waals surface area contributed by atoms with Gasteiger partial charge in [0.05, 0.1) is 6.04 Å². The number of rotatable bonds is 4. The fourth-order valence-electron chi connectivity index (χ4n) is 3.20. The fourth-order valence-corrected chi connectivity index (χ4v) is 3.20. The number of carbonyl (C=O) groups excluding carboxylic acids is 1. The molecule has 0 radical (unpaired) electrons. The van der Waals surface area contributed by atoms with E-state index in [-0.39, 0.29) is 17.9 Å². The number of fused-ring (bicyclic) bond motifs is 1. The van der Waals surface area contributed by atoms with Crippen LogP contribution >= 0.6 is 0 Å². The van der Waals surface area contributed by atoms with Gasteiger partial charge >= 0.3 is 0 Å². The Hall–Kier alpha value is -1.81. The molecule has 4 heteroatoms. The fraction of sp³-hybridized carbons (Fsp3) is 0.471. The monoisotopic (exact) mass is 286 g/mol. The summed E-state index contributed by atoms with van der Waals surface area (Å²) in [6.07, 6.45) is 3.77. The van der Waals surface area contributed by atoms with Gasteiger partial charge in [-0.15, -0.1) is 0 Å². The molecule has 3 N–H and O–H groups in total. The molecule has 2 aromatic rings. The van der Waals surface area contributed by atoms with Gasteiger partial charge in [0, 0.05) is 17.3 Å². The Kier molecular flexibility index (Phi) is 3.97. The number of amides is 1. The number of nitrogens with two attached hydrogens (primary N) is 1. The maximum absolute atomic E-state index is 11.2. The van der Waals surface area contributed by atoms with Gasteiger partial charge in [0.2, 0.25) is 5.91 Å². The summed E-state index contributed by atoms with van der Waals surface area (Å²) in [6.45, 7) is 2.12. The molecule has 1 heterocycles. The molecule has 1 unspecified atom stereocenters. The second-order valence-corrected chi connectivity index (χ2v) is 6.03. The molecule has 1 aliphatic carbocycles. The van der Waals surface area contributed by atoms with E-state index in [0.29, 0.717) is 6.04 Å². The highest BCUT2D eigenvalue weighted by atomic mass is 16.3. The third-order valence-corrected chi connectivity index (χ3v) is 4.49. The molecule has 4 nitrogen and oxygen atoms in total. The molecule has 0 bridgehead atoms. The first-order valence-corrected chi connectivity index (χ1v) is 7.67. The smallest absolute Gasteiger partial charge is 0.220 e. The van der Waals surface area contributed by atoms with E-state index in [0.717, 1.165) is 42.4 Å². The number of nitrogens with one attached hydrogen (secondary N) is 1. The van der Waals surface area contributed by atoms with Crippen molar-refractivity contribution >= 4 is 16.9 Å². The van der Waals surface area contributed by atoms with Crippen molar-refractivity contribution in [2.45, 2.75) is 44.7 Å². The Morgan fingerprint density at radius 3 is 2.67 bits per heavy atom. The third-order valence-electron chi connectivity index (χ3n) is 4.49. The van der Waals surface area contributed by atoms with Crippen LogP contribution in [0.3, 0.4) is 0 Å². The maximum Gasteiger partial charge on any atom is 0.220 e. The Balaban J connectivity index is 1.61. The lowest BCUT2D eigenvalue weighted by atomic mass is 9.85. The van der Waals surface area contributed by atoms with Crippen LogP contribution in [0.5, 0.6) is 0 Å². The number of hydrogen-bond donors (Lipinski definition) is 2. The van der Waals surface area contributed by atoms with Gasteiger partial charge in [0.25, 0.3) is 0 Å². The molecule has 112 valence electrons. The van der Waals surface area contributed by atoms with Crippen LogP contribution in [0.25, 0.3) is 11.0 Å². The Morgan fingerprint density at radius 1 is 1.29 bits per heavy atom. The first-order chi connectivity index (χ1) is 10.1. The molecule has 0 aliphatic heterocycles. The normalized spacial score (nSPS) is 24.0. The van der Waals surface area contributed by atoms with Gasteiger partial charge in [-0.3, -0.25) is 4.79 Å². The number of primary amides is 1. The van der Waals surface area contributed by atoms with Crippen LogP contribution in [-0.4, -0.2) is 11.9 Å². The molecular formula is C17H22N2O2. The minimum atomic E-state index is -0.154. The van der Waals surface area contributed by atoms with Crippen LogP contribution < -0.4 is 11.1 Å². The Labute approximate surface area is 124 Å². The van der Waals surface area contributed by atoms with Gasteiger partial charge in [0.1, 0.15) is 11.3 Å². The van der Waals surface area contributed by atoms with Gasteiger partial charge in [-0.2, -0.15) is 0 Å². The van der Waals surface area contributed by atoms with E-state index in [1.807, 2.05) is 18.2 Å². The average Bonchev–Trinajstić information content (AvgIpc) is 2.92. The average molecular weight is 286 g/mol. The molecule has 3 rings (SSSR count). The SMILES string of the molecule is CC(NC1CCC(C(N)=O)CC1)c1cc2ccccc2o1. The quantitative estimate of drug-likeness (QED) is 0.907. The molecular weight excluding hydrogens is 264 g/mol. The minimum absolute atomic E-state index is 0.0598. The Morgan fingerprint density at radius 2 is 2.00 bits per heavy atom. The number of benzene rings is 1. The van der Waals surface area contributed by atoms with E-state index in [1.165, 1.54) is 0 Å². The van der Waals surface area contributed by atoms with Gasteiger partial charge in [-0.05, 0) is 44.7 Å². The lowest BCUT2D eigenvalue weighted by Crippen LogP contribution is -2.37. The predicted octanol–water partition coefficient (Wildman–Crippen LogP) is 3.13. The standard InChI is InChI=1S/C17H22N2O2/c1-11(16-10-13-4-2-3-5-15(13)21-16)19-14-8-6-12(7-9-14)17(18)20/h2-5,10-12,14,19H,6-9H2,1H3,(H2,18,20).